The smallest absolute Gasteiger partial charge is 0.191 e. The molecule has 3 rings (SSSR count). The van der Waals surface area contributed by atoms with Crippen molar-refractivity contribution in [2.45, 2.75) is 51.0 Å². The van der Waals surface area contributed by atoms with Gasteiger partial charge in [-0.25, -0.2) is 9.37 Å². The SMILES string of the molecule is CN=C(NCc1csc(C(C)(C)C)n1)NCC1(c2ccccc2F)CC1. The normalized spacial score (nSPS) is 16.4. The molecule has 0 aliphatic heterocycles. The minimum atomic E-state index is -0.119. The summed E-state index contributed by atoms with van der Waals surface area (Å²) in [6.45, 7) is 7.81. The quantitative estimate of drug-likeness (QED) is 0.615. The fraction of sp³-hybridized carbons (Fsp3) is 0.500. The van der Waals surface area contributed by atoms with E-state index in [2.05, 4.69) is 41.8 Å². The minimum absolute atomic E-state index is 0.0704. The molecule has 4 nitrogen and oxygen atoms in total. The highest BCUT2D eigenvalue weighted by Gasteiger charge is 2.45. The van der Waals surface area contributed by atoms with Crippen LogP contribution in [0.3, 0.4) is 0 Å². The van der Waals surface area contributed by atoms with Crippen molar-refractivity contribution in [3.8, 4) is 0 Å². The van der Waals surface area contributed by atoms with Crippen LogP contribution in [0, 0.1) is 5.82 Å². The van der Waals surface area contributed by atoms with Crippen molar-refractivity contribution < 1.29 is 4.39 Å². The standard InChI is InChI=1S/C20H27FN4S/c1-19(2,3)17-25-14(12-26-17)11-23-18(22-4)24-13-20(9-10-20)15-7-5-6-8-16(15)21/h5-8,12H,9-11,13H2,1-4H3,(H2,22,23,24). The number of halogens is 1. The molecule has 26 heavy (non-hydrogen) atoms. The van der Waals surface area contributed by atoms with Gasteiger partial charge in [0.1, 0.15) is 5.82 Å². The zero-order valence-electron chi connectivity index (χ0n) is 15.9. The second-order valence-electron chi connectivity index (χ2n) is 7.93. The molecule has 0 amide bonds. The van der Waals surface area contributed by atoms with Gasteiger partial charge in [0.05, 0.1) is 17.2 Å². The Hall–Kier alpha value is -1.95. The van der Waals surface area contributed by atoms with Crippen LogP contribution in [0.1, 0.15) is 49.9 Å². The van der Waals surface area contributed by atoms with E-state index >= 15 is 0 Å². The Morgan fingerprint density at radius 3 is 2.58 bits per heavy atom. The van der Waals surface area contributed by atoms with Crippen LogP contribution in [-0.2, 0) is 17.4 Å². The molecule has 6 heteroatoms. The van der Waals surface area contributed by atoms with Crippen molar-refractivity contribution in [1.29, 1.82) is 0 Å². The first-order chi connectivity index (χ1) is 12.3. The molecule has 0 saturated heterocycles. The van der Waals surface area contributed by atoms with Crippen LogP contribution in [-0.4, -0.2) is 24.5 Å². The van der Waals surface area contributed by atoms with E-state index < -0.39 is 0 Å². The monoisotopic (exact) mass is 374 g/mol. The predicted octanol–water partition coefficient (Wildman–Crippen LogP) is 3.98. The summed E-state index contributed by atoms with van der Waals surface area (Å²) >= 11 is 1.69. The van der Waals surface area contributed by atoms with E-state index in [9.17, 15) is 4.39 Å². The molecule has 0 atom stereocenters. The fourth-order valence-electron chi connectivity index (χ4n) is 2.96. The van der Waals surface area contributed by atoms with Gasteiger partial charge in [-0.1, -0.05) is 39.0 Å². The molecule has 1 aliphatic rings. The number of guanidine groups is 1. The Balaban J connectivity index is 1.56. The summed E-state index contributed by atoms with van der Waals surface area (Å²) < 4.78 is 14.1. The molecule has 0 bridgehead atoms. The molecule has 1 aliphatic carbocycles. The van der Waals surface area contributed by atoms with Crippen LogP contribution < -0.4 is 10.6 Å². The van der Waals surface area contributed by atoms with E-state index in [4.69, 9.17) is 4.98 Å². The lowest BCUT2D eigenvalue weighted by molar-refractivity contribution is 0.559. The van der Waals surface area contributed by atoms with Gasteiger partial charge in [0.2, 0.25) is 0 Å². The first kappa shape index (κ1) is 18.8. The second kappa shape index (κ2) is 7.35. The first-order valence-electron chi connectivity index (χ1n) is 8.98. The Labute approximate surface area is 159 Å². The molecule has 2 aromatic rings. The van der Waals surface area contributed by atoms with Crippen LogP contribution >= 0.6 is 11.3 Å². The van der Waals surface area contributed by atoms with Crippen molar-refractivity contribution in [2.75, 3.05) is 13.6 Å². The third kappa shape index (κ3) is 4.23. The summed E-state index contributed by atoms with van der Waals surface area (Å²) in [5.41, 5.74) is 1.78. The van der Waals surface area contributed by atoms with Crippen LogP contribution in [0.2, 0.25) is 0 Å². The van der Waals surface area contributed by atoms with Gasteiger partial charge in [0, 0.05) is 29.8 Å². The summed E-state index contributed by atoms with van der Waals surface area (Å²) in [4.78, 5) is 8.97. The zero-order valence-corrected chi connectivity index (χ0v) is 16.7. The van der Waals surface area contributed by atoms with Crippen molar-refractivity contribution in [3.05, 3.63) is 51.7 Å². The van der Waals surface area contributed by atoms with Gasteiger partial charge >= 0.3 is 0 Å². The highest BCUT2D eigenvalue weighted by atomic mass is 32.1. The molecule has 1 fully saturated rings. The number of benzene rings is 1. The van der Waals surface area contributed by atoms with Crippen molar-refractivity contribution in [2.24, 2.45) is 4.99 Å². The van der Waals surface area contributed by atoms with Gasteiger partial charge in [-0.05, 0) is 24.5 Å². The lowest BCUT2D eigenvalue weighted by Gasteiger charge is -2.19. The maximum absolute atomic E-state index is 14.1. The first-order valence-corrected chi connectivity index (χ1v) is 9.86. The number of rotatable bonds is 5. The van der Waals surface area contributed by atoms with Gasteiger partial charge in [-0.3, -0.25) is 4.99 Å². The summed E-state index contributed by atoms with van der Waals surface area (Å²) in [7, 11) is 1.75. The molecule has 1 aromatic carbocycles. The Morgan fingerprint density at radius 2 is 2.00 bits per heavy atom. The largest absolute Gasteiger partial charge is 0.356 e. The molecule has 2 N–H and O–H groups in total. The lowest BCUT2D eigenvalue weighted by Crippen LogP contribution is -2.41. The third-order valence-electron chi connectivity index (χ3n) is 4.75. The average molecular weight is 375 g/mol. The molecule has 1 aromatic heterocycles. The molecular formula is C20H27FN4S. The van der Waals surface area contributed by atoms with Crippen LogP contribution in [0.15, 0.2) is 34.6 Å². The highest BCUT2D eigenvalue weighted by Crippen LogP contribution is 2.48. The summed E-state index contributed by atoms with van der Waals surface area (Å²) in [5, 5.41) is 9.88. The maximum atomic E-state index is 14.1. The minimum Gasteiger partial charge on any atom is -0.356 e. The number of nitrogens with one attached hydrogen (secondary N) is 2. The van der Waals surface area contributed by atoms with Gasteiger partial charge < -0.3 is 10.6 Å². The highest BCUT2D eigenvalue weighted by molar-refractivity contribution is 7.09. The molecule has 1 saturated carbocycles. The molecule has 0 radical (unpaired) electrons. The number of nitrogens with zero attached hydrogens (tertiary/aromatic N) is 2. The molecule has 0 unspecified atom stereocenters. The van der Waals surface area contributed by atoms with Crippen LogP contribution in [0.5, 0.6) is 0 Å². The number of hydrogen-bond donors (Lipinski definition) is 2. The van der Waals surface area contributed by atoms with E-state index in [1.54, 1.807) is 24.5 Å². The number of hydrogen-bond acceptors (Lipinski definition) is 3. The lowest BCUT2D eigenvalue weighted by atomic mass is 9.95. The van der Waals surface area contributed by atoms with E-state index in [0.717, 1.165) is 35.1 Å². The van der Waals surface area contributed by atoms with E-state index in [0.29, 0.717) is 13.1 Å². The summed E-state index contributed by atoms with van der Waals surface area (Å²) in [6, 6.07) is 7.07. The van der Waals surface area contributed by atoms with E-state index in [1.165, 1.54) is 6.07 Å². The van der Waals surface area contributed by atoms with Gasteiger partial charge in [0.15, 0.2) is 5.96 Å². The van der Waals surface area contributed by atoms with Gasteiger partial charge in [0.25, 0.3) is 0 Å². The Bertz CT molecular complexity index is 787. The van der Waals surface area contributed by atoms with Crippen LogP contribution in [0.25, 0.3) is 0 Å². The topological polar surface area (TPSA) is 49.3 Å². The van der Waals surface area contributed by atoms with Crippen molar-refractivity contribution >= 4 is 17.3 Å². The number of thiazole rings is 1. The number of aliphatic imine (C=N–C) groups is 1. The van der Waals surface area contributed by atoms with Gasteiger partial charge in [-0.15, -0.1) is 11.3 Å². The fourth-order valence-corrected chi connectivity index (χ4v) is 3.87. The van der Waals surface area contributed by atoms with E-state index in [-0.39, 0.29) is 16.6 Å². The summed E-state index contributed by atoms with van der Waals surface area (Å²) in [6.07, 6.45) is 2.00. The van der Waals surface area contributed by atoms with Crippen molar-refractivity contribution in [1.82, 2.24) is 15.6 Å². The third-order valence-corrected chi connectivity index (χ3v) is 6.06. The predicted molar refractivity (Wildman–Crippen MR) is 106 cm³/mol. The van der Waals surface area contributed by atoms with Crippen molar-refractivity contribution in [3.63, 3.8) is 0 Å². The van der Waals surface area contributed by atoms with Crippen LogP contribution in [0.4, 0.5) is 4.39 Å². The summed E-state index contributed by atoms with van der Waals surface area (Å²) in [5.74, 6) is 0.602. The molecule has 1 heterocycles. The van der Waals surface area contributed by atoms with Gasteiger partial charge in [-0.2, -0.15) is 0 Å². The Morgan fingerprint density at radius 1 is 1.27 bits per heavy atom. The average Bonchev–Trinajstić information content (AvgIpc) is 3.22. The second-order valence-corrected chi connectivity index (χ2v) is 8.79. The van der Waals surface area contributed by atoms with E-state index in [1.807, 2.05) is 12.1 Å². The Kier molecular flexibility index (Phi) is 5.32. The molecule has 140 valence electrons. The molecular weight excluding hydrogens is 347 g/mol. The molecule has 0 spiro atoms. The maximum Gasteiger partial charge on any atom is 0.191 e. The zero-order chi connectivity index (χ0) is 18.8. The number of aromatic nitrogens is 1.